The lowest BCUT2D eigenvalue weighted by molar-refractivity contribution is 0.0635. The third-order valence-corrected chi connectivity index (χ3v) is 4.71. The maximum atomic E-state index is 9.79. The zero-order valence-corrected chi connectivity index (χ0v) is 15.0. The van der Waals surface area contributed by atoms with Crippen molar-refractivity contribution < 1.29 is 14.3 Å². The number of morpholine rings is 1. The Balaban J connectivity index is 1.77. The standard InChI is InChI=1S/C20H22N4O3/c1-13(24-8-10-26-11-9-24)18-17(16-6-3-7-22-20(16)27-18)23-19(21)14-4-2-5-15(25)12-14/h3-4,6-7,12,25H,1-2,5,8-11H2,(H2,21,23). The first-order valence-corrected chi connectivity index (χ1v) is 8.97. The molecule has 0 saturated carbocycles. The number of hydrogen-bond donors (Lipinski definition) is 2. The Hall–Kier alpha value is -3.06. The van der Waals surface area contributed by atoms with E-state index in [-0.39, 0.29) is 0 Å². The molecule has 3 heterocycles. The summed E-state index contributed by atoms with van der Waals surface area (Å²) in [4.78, 5) is 11.0. The molecule has 140 valence electrons. The zero-order valence-electron chi connectivity index (χ0n) is 15.0. The molecule has 2 aliphatic rings. The van der Waals surface area contributed by atoms with Crippen LogP contribution in [-0.2, 0) is 4.74 Å². The first kappa shape index (κ1) is 17.4. The number of aliphatic imine (C=N–C) groups is 1. The molecule has 2 aromatic heterocycles. The highest BCUT2D eigenvalue weighted by Gasteiger charge is 2.23. The minimum Gasteiger partial charge on any atom is -0.512 e. The molecule has 0 radical (unpaired) electrons. The number of nitrogens with two attached hydrogens (primary N) is 1. The zero-order chi connectivity index (χ0) is 18.8. The molecule has 7 heteroatoms. The lowest BCUT2D eigenvalue weighted by Crippen LogP contribution is -2.34. The molecule has 1 aliphatic heterocycles. The molecule has 0 spiro atoms. The Morgan fingerprint density at radius 3 is 2.93 bits per heavy atom. The van der Waals surface area contributed by atoms with Crippen LogP contribution in [0.4, 0.5) is 5.69 Å². The maximum Gasteiger partial charge on any atom is 0.229 e. The van der Waals surface area contributed by atoms with Gasteiger partial charge in [-0.15, -0.1) is 0 Å². The predicted octanol–water partition coefficient (Wildman–Crippen LogP) is 3.28. The summed E-state index contributed by atoms with van der Waals surface area (Å²) in [5.41, 5.74) is 8.78. The van der Waals surface area contributed by atoms with Gasteiger partial charge in [0.25, 0.3) is 0 Å². The van der Waals surface area contributed by atoms with Crippen molar-refractivity contribution in [3.8, 4) is 0 Å². The van der Waals surface area contributed by atoms with Gasteiger partial charge < -0.3 is 24.9 Å². The quantitative estimate of drug-likeness (QED) is 0.637. The Morgan fingerprint density at radius 1 is 1.33 bits per heavy atom. The van der Waals surface area contributed by atoms with Crippen molar-refractivity contribution >= 4 is 28.3 Å². The van der Waals surface area contributed by atoms with Crippen LogP contribution in [0.25, 0.3) is 16.8 Å². The molecule has 0 atom stereocenters. The molecule has 0 bridgehead atoms. The number of aliphatic hydroxyl groups excluding tert-OH is 1. The number of nitrogens with zero attached hydrogens (tertiary/aromatic N) is 3. The fraction of sp³-hybridized carbons (Fsp3) is 0.300. The molecule has 4 rings (SSSR count). The van der Waals surface area contributed by atoms with Crippen LogP contribution in [0.15, 0.2) is 57.8 Å². The topological polar surface area (TPSA) is 97.1 Å². The van der Waals surface area contributed by atoms with Gasteiger partial charge in [-0.05, 0) is 24.6 Å². The van der Waals surface area contributed by atoms with Gasteiger partial charge in [0.2, 0.25) is 5.71 Å². The minimum atomic E-state index is 0.308. The third-order valence-electron chi connectivity index (χ3n) is 4.71. The van der Waals surface area contributed by atoms with Crippen LogP contribution >= 0.6 is 0 Å². The molecule has 2 aromatic rings. The van der Waals surface area contributed by atoms with Crippen molar-refractivity contribution in [3.63, 3.8) is 0 Å². The van der Waals surface area contributed by atoms with Gasteiger partial charge in [-0.25, -0.2) is 9.98 Å². The summed E-state index contributed by atoms with van der Waals surface area (Å²) in [5.74, 6) is 1.18. The minimum absolute atomic E-state index is 0.308. The van der Waals surface area contributed by atoms with Gasteiger partial charge in [-0.1, -0.05) is 12.7 Å². The summed E-state index contributed by atoms with van der Waals surface area (Å²) in [7, 11) is 0. The Morgan fingerprint density at radius 2 is 2.15 bits per heavy atom. The molecule has 0 aromatic carbocycles. The number of fused-ring (bicyclic) bond motifs is 1. The molecule has 0 unspecified atom stereocenters. The van der Waals surface area contributed by atoms with Crippen LogP contribution < -0.4 is 5.73 Å². The van der Waals surface area contributed by atoms with Crippen LogP contribution in [0.2, 0.25) is 0 Å². The van der Waals surface area contributed by atoms with Crippen LogP contribution in [0.3, 0.4) is 0 Å². The van der Waals surface area contributed by atoms with E-state index in [1.807, 2.05) is 18.2 Å². The first-order chi connectivity index (χ1) is 13.1. The van der Waals surface area contributed by atoms with Crippen molar-refractivity contribution in [1.82, 2.24) is 9.88 Å². The average Bonchev–Trinajstić information content (AvgIpc) is 3.06. The van der Waals surface area contributed by atoms with E-state index in [1.165, 1.54) is 0 Å². The monoisotopic (exact) mass is 366 g/mol. The van der Waals surface area contributed by atoms with E-state index >= 15 is 0 Å². The first-order valence-electron chi connectivity index (χ1n) is 8.97. The van der Waals surface area contributed by atoms with Crippen LogP contribution in [-0.4, -0.2) is 47.1 Å². The highest BCUT2D eigenvalue weighted by atomic mass is 16.5. The maximum absolute atomic E-state index is 9.79. The van der Waals surface area contributed by atoms with Crippen LogP contribution in [0.5, 0.6) is 0 Å². The van der Waals surface area contributed by atoms with Gasteiger partial charge in [0.1, 0.15) is 11.5 Å². The van der Waals surface area contributed by atoms with Gasteiger partial charge in [0.15, 0.2) is 5.76 Å². The average molecular weight is 366 g/mol. The fourth-order valence-electron chi connectivity index (χ4n) is 3.25. The number of amidine groups is 1. The highest BCUT2D eigenvalue weighted by Crippen LogP contribution is 2.37. The van der Waals surface area contributed by atoms with Crippen LogP contribution in [0.1, 0.15) is 18.6 Å². The predicted molar refractivity (Wildman–Crippen MR) is 105 cm³/mol. The van der Waals surface area contributed by atoms with E-state index in [0.717, 1.165) is 30.6 Å². The largest absolute Gasteiger partial charge is 0.512 e. The molecule has 1 saturated heterocycles. The number of rotatable bonds is 4. The van der Waals surface area contributed by atoms with E-state index in [4.69, 9.17) is 14.9 Å². The second-order valence-corrected chi connectivity index (χ2v) is 6.51. The molecule has 27 heavy (non-hydrogen) atoms. The summed E-state index contributed by atoms with van der Waals surface area (Å²) in [6, 6.07) is 3.73. The smallest absolute Gasteiger partial charge is 0.229 e. The van der Waals surface area contributed by atoms with Gasteiger partial charge >= 0.3 is 0 Å². The summed E-state index contributed by atoms with van der Waals surface area (Å²) < 4.78 is 11.4. The van der Waals surface area contributed by atoms with Crippen LogP contribution in [0, 0.1) is 0 Å². The fourth-order valence-corrected chi connectivity index (χ4v) is 3.25. The van der Waals surface area contributed by atoms with E-state index < -0.39 is 0 Å². The van der Waals surface area contributed by atoms with Crippen molar-refractivity contribution in [2.75, 3.05) is 26.3 Å². The van der Waals surface area contributed by atoms with Gasteiger partial charge in [-0.3, -0.25) is 0 Å². The number of aromatic nitrogens is 1. The molecule has 7 nitrogen and oxygen atoms in total. The second-order valence-electron chi connectivity index (χ2n) is 6.51. The number of hydrogen-bond acceptors (Lipinski definition) is 6. The van der Waals surface area contributed by atoms with E-state index in [1.54, 1.807) is 12.3 Å². The van der Waals surface area contributed by atoms with Gasteiger partial charge in [-0.2, -0.15) is 0 Å². The number of aliphatic hydroxyl groups is 1. The van der Waals surface area contributed by atoms with E-state index in [0.29, 0.717) is 54.0 Å². The third kappa shape index (κ3) is 3.46. The Labute approximate surface area is 157 Å². The van der Waals surface area contributed by atoms with Crippen molar-refractivity contribution in [1.29, 1.82) is 0 Å². The molecular formula is C20H22N4O3. The number of pyridine rings is 1. The van der Waals surface area contributed by atoms with E-state index in [2.05, 4.69) is 21.5 Å². The lowest BCUT2D eigenvalue weighted by Gasteiger charge is -2.29. The SMILES string of the molecule is C=C(c1oc2ncccc2c1N=C(N)C1=CCCC(O)=C1)N1CCOCC1. The van der Waals surface area contributed by atoms with Crippen molar-refractivity contribution in [3.05, 3.63) is 54.2 Å². The highest BCUT2D eigenvalue weighted by molar-refractivity contribution is 6.04. The summed E-state index contributed by atoms with van der Waals surface area (Å²) in [6.45, 7) is 6.98. The molecule has 1 aliphatic carbocycles. The van der Waals surface area contributed by atoms with Gasteiger partial charge in [0, 0.05) is 31.3 Å². The van der Waals surface area contributed by atoms with Crippen molar-refractivity contribution in [2.24, 2.45) is 10.7 Å². The molecule has 1 fully saturated rings. The van der Waals surface area contributed by atoms with Crippen molar-refractivity contribution in [2.45, 2.75) is 12.8 Å². The normalized spacial score (nSPS) is 18.4. The summed E-state index contributed by atoms with van der Waals surface area (Å²) in [5, 5.41) is 10.6. The lowest BCUT2D eigenvalue weighted by atomic mass is 10.0. The summed E-state index contributed by atoms with van der Waals surface area (Å²) >= 11 is 0. The second kappa shape index (κ2) is 7.28. The number of allylic oxidation sites excluding steroid dienone is 2. The van der Waals surface area contributed by atoms with Gasteiger partial charge in [0.05, 0.1) is 30.1 Å². The molecule has 3 N–H and O–H groups in total. The number of furan rings is 1. The molecule has 0 amide bonds. The number of ether oxygens (including phenoxy) is 1. The Bertz CT molecular complexity index is 965. The molecular weight excluding hydrogens is 344 g/mol. The summed E-state index contributed by atoms with van der Waals surface area (Å²) in [6.07, 6.45) is 6.65. The van der Waals surface area contributed by atoms with E-state index in [9.17, 15) is 5.11 Å². The Kier molecular flexibility index (Phi) is 4.68.